The van der Waals surface area contributed by atoms with Crippen LogP contribution in [0.5, 0.6) is 0 Å². The van der Waals surface area contributed by atoms with E-state index in [9.17, 15) is 0 Å². The average molecular weight is 249 g/mol. The van der Waals surface area contributed by atoms with Crippen LogP contribution in [0.4, 0.5) is 0 Å². The highest BCUT2D eigenvalue weighted by Crippen LogP contribution is 2.44. The lowest BCUT2D eigenvalue weighted by molar-refractivity contribution is 0.0189. The van der Waals surface area contributed by atoms with Crippen LogP contribution in [0, 0.1) is 17.4 Å². The molecule has 18 heavy (non-hydrogen) atoms. The zero-order chi connectivity index (χ0) is 12.4. The van der Waals surface area contributed by atoms with Gasteiger partial charge in [0.25, 0.3) is 0 Å². The quantitative estimate of drug-likeness (QED) is 0.742. The van der Waals surface area contributed by atoms with Crippen molar-refractivity contribution in [1.82, 2.24) is 4.90 Å². The second-order valence-electron chi connectivity index (χ2n) is 6.55. The molecular formula is C15H27N3. The number of nitrogens with zero attached hydrogens (tertiary/aromatic N) is 2. The Morgan fingerprint density at radius 3 is 2.22 bits per heavy atom. The molecule has 0 aromatic carbocycles. The minimum absolute atomic E-state index is 0.358. The largest absolute Gasteiger partial charge is 0.300 e. The molecule has 3 nitrogen and oxygen atoms in total. The Morgan fingerprint density at radius 2 is 1.50 bits per heavy atom. The summed E-state index contributed by atoms with van der Waals surface area (Å²) in [5.41, 5.74) is 7.44. The Balaban J connectivity index is 1.72. The van der Waals surface area contributed by atoms with Crippen molar-refractivity contribution in [3.8, 4) is 0 Å². The molecule has 3 aliphatic rings. The Morgan fingerprint density at radius 1 is 0.778 bits per heavy atom. The number of nitrogens with one attached hydrogen (secondary N) is 1. The smallest absolute Gasteiger partial charge is 0.0737 e. The van der Waals surface area contributed by atoms with E-state index in [4.69, 9.17) is 5.53 Å². The van der Waals surface area contributed by atoms with Crippen LogP contribution in [0.1, 0.15) is 57.8 Å². The van der Waals surface area contributed by atoms with Gasteiger partial charge in [0.05, 0.1) is 6.04 Å². The summed E-state index contributed by atoms with van der Waals surface area (Å²) in [6.07, 6.45) is 12.2. The van der Waals surface area contributed by atoms with E-state index in [2.05, 4.69) is 10.0 Å². The molecule has 1 aliphatic heterocycles. The van der Waals surface area contributed by atoms with Gasteiger partial charge < -0.3 is 4.90 Å². The van der Waals surface area contributed by atoms with Crippen molar-refractivity contribution in [3.05, 3.63) is 0 Å². The van der Waals surface area contributed by atoms with E-state index in [-0.39, 0.29) is 0 Å². The molecule has 0 aromatic rings. The molecule has 0 aromatic heterocycles. The average Bonchev–Trinajstić information content (AvgIpc) is 2.47. The first-order valence-electron chi connectivity index (χ1n) is 8.01. The van der Waals surface area contributed by atoms with Crippen LogP contribution in [0.15, 0.2) is 5.11 Å². The number of hydrogen-bond acceptors (Lipinski definition) is 3. The van der Waals surface area contributed by atoms with Gasteiger partial charge in [0.1, 0.15) is 0 Å². The van der Waals surface area contributed by atoms with Gasteiger partial charge in [-0.1, -0.05) is 19.3 Å². The van der Waals surface area contributed by atoms with Gasteiger partial charge in [-0.15, -0.1) is 0 Å². The number of rotatable bonds is 2. The van der Waals surface area contributed by atoms with E-state index in [0.717, 1.165) is 17.9 Å². The number of piperidine rings is 1. The summed E-state index contributed by atoms with van der Waals surface area (Å²) >= 11 is 0. The molecular weight excluding hydrogens is 222 g/mol. The molecule has 1 saturated heterocycles. The number of hydrogen-bond donors (Lipinski definition) is 1. The summed E-state index contributed by atoms with van der Waals surface area (Å²) in [6.45, 7) is 2.66. The van der Waals surface area contributed by atoms with E-state index in [1.165, 1.54) is 70.9 Å². The Hall–Kier alpha value is -0.440. The third-order valence-electron chi connectivity index (χ3n) is 5.65. The fourth-order valence-electron chi connectivity index (χ4n) is 4.78. The fourth-order valence-corrected chi connectivity index (χ4v) is 4.78. The highest BCUT2D eigenvalue weighted by Gasteiger charge is 2.42. The number of likely N-dealkylation sites (tertiary alicyclic amines) is 1. The summed E-state index contributed by atoms with van der Waals surface area (Å²) in [5, 5.41) is 3.94. The fraction of sp³-hybridized carbons (Fsp3) is 1.00. The maximum atomic E-state index is 7.44. The molecule has 3 fully saturated rings. The number of fused-ring (bicyclic) bond motifs is 1. The maximum Gasteiger partial charge on any atom is 0.0737 e. The lowest BCUT2D eigenvalue weighted by atomic mass is 9.65. The molecule has 4 unspecified atom stereocenters. The van der Waals surface area contributed by atoms with E-state index in [0.29, 0.717) is 6.04 Å². The molecule has 0 bridgehead atoms. The molecule has 0 amide bonds. The van der Waals surface area contributed by atoms with Gasteiger partial charge in [-0.25, -0.2) is 5.53 Å². The van der Waals surface area contributed by atoms with E-state index in [1.807, 2.05) is 0 Å². The predicted octanol–water partition coefficient (Wildman–Crippen LogP) is 3.84. The van der Waals surface area contributed by atoms with Gasteiger partial charge in [-0.05, 0) is 63.5 Å². The van der Waals surface area contributed by atoms with Gasteiger partial charge in [-0.2, -0.15) is 5.11 Å². The van der Waals surface area contributed by atoms with Crippen LogP contribution in [-0.4, -0.2) is 30.1 Å². The zero-order valence-corrected chi connectivity index (χ0v) is 11.5. The van der Waals surface area contributed by atoms with Gasteiger partial charge in [-0.3, -0.25) is 0 Å². The van der Waals surface area contributed by atoms with Crippen molar-refractivity contribution < 1.29 is 0 Å². The first-order chi connectivity index (χ1) is 8.90. The molecule has 102 valence electrons. The monoisotopic (exact) mass is 249 g/mol. The van der Waals surface area contributed by atoms with E-state index in [1.54, 1.807) is 0 Å². The van der Waals surface area contributed by atoms with Crippen LogP contribution < -0.4 is 0 Å². The molecule has 3 rings (SSSR count). The summed E-state index contributed by atoms with van der Waals surface area (Å²) in [7, 11) is 0. The van der Waals surface area contributed by atoms with Crippen LogP contribution >= 0.6 is 0 Å². The Bertz CT molecular complexity index is 285. The highest BCUT2D eigenvalue weighted by molar-refractivity contribution is 4.96. The normalized spacial score (nSPS) is 42.2. The molecule has 1 heterocycles. The molecule has 3 heteroatoms. The van der Waals surface area contributed by atoms with Crippen LogP contribution in [0.2, 0.25) is 0 Å². The summed E-state index contributed by atoms with van der Waals surface area (Å²) in [4.78, 5) is 2.78. The molecule has 0 radical (unpaired) electrons. The first kappa shape index (κ1) is 12.6. The first-order valence-corrected chi connectivity index (χ1v) is 8.01. The summed E-state index contributed by atoms with van der Waals surface area (Å²) in [6, 6.07) is 1.19. The molecule has 2 aliphatic carbocycles. The molecule has 1 N–H and O–H groups in total. The maximum absolute atomic E-state index is 7.44. The van der Waals surface area contributed by atoms with Crippen molar-refractivity contribution in [2.75, 3.05) is 13.1 Å². The highest BCUT2D eigenvalue weighted by atomic mass is 15.2. The van der Waals surface area contributed by atoms with Gasteiger partial charge in [0.15, 0.2) is 0 Å². The van der Waals surface area contributed by atoms with Crippen molar-refractivity contribution >= 4 is 0 Å². The summed E-state index contributed by atoms with van der Waals surface area (Å²) < 4.78 is 0. The van der Waals surface area contributed by atoms with Gasteiger partial charge >= 0.3 is 0 Å². The SMILES string of the molecule is N=NC1CCC(N2CCCCC2)C2CCCCC12. The zero-order valence-electron chi connectivity index (χ0n) is 11.5. The lowest BCUT2D eigenvalue weighted by Crippen LogP contribution is -2.51. The minimum atomic E-state index is 0.358. The summed E-state index contributed by atoms with van der Waals surface area (Å²) in [5.74, 6) is 1.58. The van der Waals surface area contributed by atoms with Gasteiger partial charge in [0.2, 0.25) is 0 Å². The van der Waals surface area contributed by atoms with Gasteiger partial charge in [0, 0.05) is 6.04 Å². The van der Waals surface area contributed by atoms with E-state index >= 15 is 0 Å². The lowest BCUT2D eigenvalue weighted by Gasteiger charge is -2.49. The van der Waals surface area contributed by atoms with Crippen molar-refractivity contribution in [1.29, 1.82) is 5.53 Å². The molecule has 4 atom stereocenters. The van der Waals surface area contributed by atoms with E-state index < -0.39 is 0 Å². The Labute approximate surface area is 111 Å². The molecule has 0 spiro atoms. The van der Waals surface area contributed by atoms with Crippen molar-refractivity contribution in [3.63, 3.8) is 0 Å². The third kappa shape index (κ3) is 2.34. The van der Waals surface area contributed by atoms with Crippen molar-refractivity contribution in [2.45, 2.75) is 69.9 Å². The second-order valence-corrected chi connectivity index (χ2v) is 6.55. The van der Waals surface area contributed by atoms with Crippen LogP contribution in [-0.2, 0) is 0 Å². The Kier molecular flexibility index (Phi) is 3.97. The second kappa shape index (κ2) is 5.68. The van der Waals surface area contributed by atoms with Crippen LogP contribution in [0.25, 0.3) is 0 Å². The van der Waals surface area contributed by atoms with Crippen LogP contribution in [0.3, 0.4) is 0 Å². The third-order valence-corrected chi connectivity index (χ3v) is 5.65. The topological polar surface area (TPSA) is 39.5 Å². The standard InChI is InChI=1S/C15H27N3/c16-17-14-8-9-15(18-10-4-1-5-11-18)13-7-3-2-6-12(13)14/h12-16H,1-11H2. The minimum Gasteiger partial charge on any atom is -0.300 e. The van der Waals surface area contributed by atoms with Crippen molar-refractivity contribution in [2.24, 2.45) is 17.0 Å². The predicted molar refractivity (Wildman–Crippen MR) is 72.8 cm³/mol. The molecule has 2 saturated carbocycles.